The number of thiazole rings is 1. The molecule has 0 aliphatic carbocycles. The van der Waals surface area contributed by atoms with Crippen molar-refractivity contribution in [2.45, 2.75) is 0 Å². The molecule has 0 radical (unpaired) electrons. The average molecular weight is 355 g/mol. The van der Waals surface area contributed by atoms with Crippen molar-refractivity contribution in [3.8, 4) is 22.1 Å². The zero-order valence-corrected chi connectivity index (χ0v) is 14.2. The molecule has 0 spiro atoms. The average Bonchev–Trinajstić information content (AvgIpc) is 3.30. The minimum absolute atomic E-state index is 0.0861. The maximum absolute atomic E-state index is 12.3. The lowest BCUT2D eigenvalue weighted by Crippen LogP contribution is -2.15. The van der Waals surface area contributed by atoms with Crippen LogP contribution in [0.15, 0.2) is 46.5 Å². The second kappa shape index (κ2) is 6.59. The highest BCUT2D eigenvalue weighted by Crippen LogP contribution is 2.31. The highest BCUT2D eigenvalue weighted by Gasteiger charge is 2.13. The fraction of sp³-hybridized carbons (Fsp3) is 0.111. The van der Waals surface area contributed by atoms with Gasteiger partial charge in [0.05, 0.1) is 5.69 Å². The number of aromatic nitrogens is 1. The molecule has 0 fully saturated rings. The number of nitrogens with zero attached hydrogens (tertiary/aromatic N) is 1. The normalized spacial score (nSPS) is 13.3. The van der Waals surface area contributed by atoms with E-state index in [1.807, 2.05) is 16.8 Å². The van der Waals surface area contributed by atoms with Gasteiger partial charge in [-0.1, -0.05) is 0 Å². The van der Waals surface area contributed by atoms with Crippen molar-refractivity contribution < 1.29 is 14.3 Å². The number of hydrogen-bond acceptors (Lipinski definition) is 6. The van der Waals surface area contributed by atoms with Gasteiger partial charge in [0.1, 0.15) is 18.2 Å². The lowest BCUT2D eigenvalue weighted by Gasteiger charge is -2.18. The van der Waals surface area contributed by atoms with Gasteiger partial charge in [-0.25, -0.2) is 4.98 Å². The highest BCUT2D eigenvalue weighted by molar-refractivity contribution is 7.14. The molecule has 2 aromatic heterocycles. The molecule has 120 valence electrons. The maximum atomic E-state index is 12.3. The molecular weight excluding hydrogens is 342 g/mol. The van der Waals surface area contributed by atoms with Gasteiger partial charge in [0.15, 0.2) is 17.3 Å². The summed E-state index contributed by atoms with van der Waals surface area (Å²) in [7, 11) is 0. The van der Waals surface area contributed by atoms with Gasteiger partial charge in [0, 0.05) is 21.9 Å². The zero-order chi connectivity index (χ0) is 16.4. The number of rotatable bonds is 4. The number of hydrogen-bond donors (Lipinski definition) is 0. The van der Waals surface area contributed by atoms with E-state index in [2.05, 4.69) is 10.4 Å². The van der Waals surface area contributed by atoms with Crippen LogP contribution >= 0.6 is 22.7 Å². The summed E-state index contributed by atoms with van der Waals surface area (Å²) < 4.78 is 11.0. The predicted octanol–water partition coefficient (Wildman–Crippen LogP) is 4.54. The van der Waals surface area contributed by atoms with E-state index in [9.17, 15) is 4.79 Å². The van der Waals surface area contributed by atoms with Crippen LogP contribution in [0.1, 0.15) is 16.1 Å². The largest absolute Gasteiger partial charge is 0.486 e. The van der Waals surface area contributed by atoms with Crippen molar-refractivity contribution in [2.24, 2.45) is 0 Å². The molecule has 0 saturated carbocycles. The molecule has 0 bridgehead atoms. The van der Waals surface area contributed by atoms with Crippen LogP contribution in [0, 0.1) is 0 Å². The number of fused-ring (bicyclic) bond motifs is 1. The van der Waals surface area contributed by atoms with E-state index in [-0.39, 0.29) is 5.78 Å². The second-order valence-electron chi connectivity index (χ2n) is 5.15. The van der Waals surface area contributed by atoms with Gasteiger partial charge >= 0.3 is 0 Å². The lowest BCUT2D eigenvalue weighted by molar-refractivity contribution is 0.104. The monoisotopic (exact) mass is 355 g/mol. The number of ether oxygens (including phenoxy) is 2. The number of carbonyl (C=O) groups is 1. The summed E-state index contributed by atoms with van der Waals surface area (Å²) in [5, 5.41) is 6.99. The first-order valence-corrected chi connectivity index (χ1v) is 9.22. The summed E-state index contributed by atoms with van der Waals surface area (Å²) in [6, 6.07) is 7.28. The Kier molecular flexibility index (Phi) is 4.15. The summed E-state index contributed by atoms with van der Waals surface area (Å²) in [4.78, 5) is 16.9. The second-order valence-corrected chi connectivity index (χ2v) is 6.78. The Morgan fingerprint density at radius 2 is 2.00 bits per heavy atom. The summed E-state index contributed by atoms with van der Waals surface area (Å²) in [5.74, 6) is 1.22. The van der Waals surface area contributed by atoms with Crippen molar-refractivity contribution in [1.29, 1.82) is 0 Å². The van der Waals surface area contributed by atoms with Crippen molar-refractivity contribution in [2.75, 3.05) is 13.2 Å². The van der Waals surface area contributed by atoms with E-state index >= 15 is 0 Å². The highest BCUT2D eigenvalue weighted by atomic mass is 32.1. The SMILES string of the molecule is O=C(/C=C/c1csc(-c2ccsc2)n1)c1ccc2c(c1)OCCO2. The molecule has 1 aliphatic rings. The van der Waals surface area contributed by atoms with Crippen molar-refractivity contribution in [1.82, 2.24) is 4.98 Å². The van der Waals surface area contributed by atoms with Crippen LogP contribution in [0.2, 0.25) is 0 Å². The van der Waals surface area contributed by atoms with Crippen LogP contribution in [0.5, 0.6) is 11.5 Å². The minimum Gasteiger partial charge on any atom is -0.486 e. The molecule has 1 aliphatic heterocycles. The van der Waals surface area contributed by atoms with Gasteiger partial charge in [0.25, 0.3) is 0 Å². The standard InChI is InChI=1S/C18H13NO3S2/c20-15(12-1-4-16-17(9-12)22-7-6-21-16)3-2-14-11-24-18(19-14)13-5-8-23-10-13/h1-5,8-11H,6-7H2/b3-2+. The maximum Gasteiger partial charge on any atom is 0.186 e. The van der Waals surface area contributed by atoms with Crippen LogP contribution in [0.3, 0.4) is 0 Å². The molecule has 6 heteroatoms. The molecule has 0 saturated heterocycles. The Labute approximate surface area is 147 Å². The van der Waals surface area contributed by atoms with Crippen LogP contribution in [-0.2, 0) is 0 Å². The topological polar surface area (TPSA) is 48.4 Å². The molecule has 0 unspecified atom stereocenters. The Morgan fingerprint density at radius 1 is 1.12 bits per heavy atom. The third-order valence-electron chi connectivity index (χ3n) is 3.52. The van der Waals surface area contributed by atoms with Gasteiger partial charge in [-0.2, -0.15) is 11.3 Å². The molecule has 1 aromatic carbocycles. The summed E-state index contributed by atoms with van der Waals surface area (Å²) in [6.45, 7) is 1.04. The summed E-state index contributed by atoms with van der Waals surface area (Å²) in [6.07, 6.45) is 3.28. The summed E-state index contributed by atoms with van der Waals surface area (Å²) in [5.41, 5.74) is 2.47. The molecule has 4 rings (SSSR count). The van der Waals surface area contributed by atoms with Gasteiger partial charge in [-0.3, -0.25) is 4.79 Å². The van der Waals surface area contributed by atoms with Crippen LogP contribution in [0.25, 0.3) is 16.6 Å². The fourth-order valence-corrected chi connectivity index (χ4v) is 3.84. The molecule has 0 N–H and O–H groups in total. The van der Waals surface area contributed by atoms with E-state index in [0.29, 0.717) is 30.3 Å². The number of thiophene rings is 1. The third kappa shape index (κ3) is 3.11. The van der Waals surface area contributed by atoms with Crippen LogP contribution < -0.4 is 9.47 Å². The van der Waals surface area contributed by atoms with Gasteiger partial charge < -0.3 is 9.47 Å². The molecule has 3 heterocycles. The first kappa shape index (κ1) is 15.1. The van der Waals surface area contributed by atoms with E-state index in [1.165, 1.54) is 6.08 Å². The lowest BCUT2D eigenvalue weighted by atomic mass is 10.1. The number of carbonyl (C=O) groups excluding carboxylic acids is 1. The Morgan fingerprint density at radius 3 is 2.83 bits per heavy atom. The van der Waals surface area contributed by atoms with Gasteiger partial charge in [-0.15, -0.1) is 11.3 Å². The number of ketones is 1. The van der Waals surface area contributed by atoms with Crippen molar-refractivity contribution in [3.63, 3.8) is 0 Å². The Bertz CT molecular complexity index is 897. The molecule has 24 heavy (non-hydrogen) atoms. The zero-order valence-electron chi connectivity index (χ0n) is 12.6. The fourth-order valence-electron chi connectivity index (χ4n) is 2.34. The Hall–Kier alpha value is -2.44. The van der Waals surface area contributed by atoms with E-state index in [0.717, 1.165) is 16.3 Å². The summed E-state index contributed by atoms with van der Waals surface area (Å²) >= 11 is 3.21. The van der Waals surface area contributed by atoms with Crippen LogP contribution in [0.4, 0.5) is 0 Å². The molecular formula is C18H13NO3S2. The first-order chi connectivity index (χ1) is 11.8. The smallest absolute Gasteiger partial charge is 0.186 e. The van der Waals surface area contributed by atoms with E-state index in [4.69, 9.17) is 9.47 Å². The molecule has 3 aromatic rings. The third-order valence-corrected chi connectivity index (χ3v) is 5.12. The molecule has 4 nitrogen and oxygen atoms in total. The minimum atomic E-state index is -0.0861. The molecule has 0 amide bonds. The van der Waals surface area contributed by atoms with Crippen molar-refractivity contribution >= 4 is 34.5 Å². The van der Waals surface area contributed by atoms with Gasteiger partial charge in [-0.05, 0) is 41.8 Å². The Balaban J connectivity index is 1.50. The molecule has 0 atom stereocenters. The first-order valence-electron chi connectivity index (χ1n) is 7.40. The number of allylic oxidation sites excluding steroid dienone is 1. The van der Waals surface area contributed by atoms with Crippen molar-refractivity contribution in [3.05, 3.63) is 57.7 Å². The number of benzene rings is 1. The quantitative estimate of drug-likeness (QED) is 0.509. The van der Waals surface area contributed by atoms with Crippen LogP contribution in [-0.4, -0.2) is 24.0 Å². The van der Waals surface area contributed by atoms with E-state index < -0.39 is 0 Å². The van der Waals surface area contributed by atoms with E-state index in [1.54, 1.807) is 46.9 Å². The van der Waals surface area contributed by atoms with Gasteiger partial charge in [0.2, 0.25) is 0 Å². The predicted molar refractivity (Wildman–Crippen MR) is 96.2 cm³/mol.